The van der Waals surface area contributed by atoms with Crippen LogP contribution < -0.4 is 10.5 Å². The maximum Gasteiger partial charge on any atom is 0.122 e. The first-order valence-corrected chi connectivity index (χ1v) is 7.28. The first kappa shape index (κ1) is 13.0. The van der Waals surface area contributed by atoms with Gasteiger partial charge in [-0.3, -0.25) is 0 Å². The van der Waals surface area contributed by atoms with Crippen LogP contribution in [0.2, 0.25) is 5.02 Å². The summed E-state index contributed by atoms with van der Waals surface area (Å²) in [7, 11) is 0. The Labute approximate surface area is 125 Å². The predicted octanol–water partition coefficient (Wildman–Crippen LogP) is 4.09. The van der Waals surface area contributed by atoms with Crippen molar-refractivity contribution in [1.82, 2.24) is 0 Å². The topological polar surface area (TPSA) is 35.2 Å². The fraction of sp³-hybridized carbons (Fsp3) is 0.200. The van der Waals surface area contributed by atoms with E-state index in [2.05, 4.69) is 22.0 Å². The minimum atomic E-state index is -0.216. The summed E-state index contributed by atoms with van der Waals surface area (Å²) in [5.74, 6) is 0.970. The normalized spacial score (nSPS) is 14.9. The van der Waals surface area contributed by atoms with E-state index in [1.54, 1.807) is 0 Å². The van der Waals surface area contributed by atoms with E-state index in [1.807, 2.05) is 30.3 Å². The summed E-state index contributed by atoms with van der Waals surface area (Å²) in [5, 5.41) is 0.679. The second-order valence-electron chi connectivity index (χ2n) is 4.61. The van der Waals surface area contributed by atoms with Gasteiger partial charge in [0.25, 0.3) is 0 Å². The molecule has 0 amide bonds. The fourth-order valence-electron chi connectivity index (χ4n) is 2.33. The first-order chi connectivity index (χ1) is 9.15. The van der Waals surface area contributed by atoms with E-state index in [1.165, 1.54) is 5.56 Å². The van der Waals surface area contributed by atoms with E-state index in [9.17, 15) is 0 Å². The average molecular weight is 339 g/mol. The Morgan fingerprint density at radius 1 is 1.21 bits per heavy atom. The summed E-state index contributed by atoms with van der Waals surface area (Å²) in [6.07, 6.45) is 0.948. The van der Waals surface area contributed by atoms with Gasteiger partial charge in [0.05, 0.1) is 12.6 Å². The van der Waals surface area contributed by atoms with Crippen molar-refractivity contribution in [2.45, 2.75) is 12.5 Å². The Bertz CT molecular complexity index is 630. The molecule has 98 valence electrons. The van der Waals surface area contributed by atoms with Crippen LogP contribution in [0, 0.1) is 0 Å². The molecule has 0 aliphatic carbocycles. The molecule has 2 aromatic carbocycles. The summed E-state index contributed by atoms with van der Waals surface area (Å²) in [5.41, 5.74) is 9.54. The standard InChI is InChI=1S/C15H13BrClNO/c16-11-2-3-12(13(17)8-11)15(18)10-1-4-14-9(7-10)5-6-19-14/h1-4,7-8,15H,5-6,18H2. The van der Waals surface area contributed by atoms with E-state index in [-0.39, 0.29) is 6.04 Å². The van der Waals surface area contributed by atoms with Crippen molar-refractivity contribution >= 4 is 27.5 Å². The Balaban J connectivity index is 1.97. The van der Waals surface area contributed by atoms with Gasteiger partial charge in [-0.1, -0.05) is 45.7 Å². The van der Waals surface area contributed by atoms with Crippen LogP contribution in [0.3, 0.4) is 0 Å². The zero-order valence-corrected chi connectivity index (χ0v) is 12.5. The Morgan fingerprint density at radius 2 is 2.05 bits per heavy atom. The molecule has 0 bridgehead atoms. The molecular weight excluding hydrogens is 326 g/mol. The molecule has 1 aliphatic rings. The Kier molecular flexibility index (Phi) is 3.52. The molecule has 4 heteroatoms. The molecule has 1 heterocycles. The van der Waals surface area contributed by atoms with E-state index in [0.29, 0.717) is 5.02 Å². The van der Waals surface area contributed by atoms with E-state index in [4.69, 9.17) is 22.1 Å². The molecule has 2 N–H and O–H groups in total. The Hall–Kier alpha value is -1.03. The first-order valence-electron chi connectivity index (χ1n) is 6.11. The van der Waals surface area contributed by atoms with Crippen molar-refractivity contribution < 1.29 is 4.74 Å². The molecule has 2 aromatic rings. The maximum absolute atomic E-state index is 6.32. The molecule has 19 heavy (non-hydrogen) atoms. The molecule has 0 spiro atoms. The van der Waals surface area contributed by atoms with Crippen LogP contribution in [0.25, 0.3) is 0 Å². The van der Waals surface area contributed by atoms with Gasteiger partial charge < -0.3 is 10.5 Å². The molecule has 3 rings (SSSR count). The number of fused-ring (bicyclic) bond motifs is 1. The highest BCUT2D eigenvalue weighted by Gasteiger charge is 2.17. The number of benzene rings is 2. The third-order valence-corrected chi connectivity index (χ3v) is 4.19. The lowest BCUT2D eigenvalue weighted by Crippen LogP contribution is -2.12. The number of nitrogens with two attached hydrogens (primary N) is 1. The number of hydrogen-bond acceptors (Lipinski definition) is 2. The lowest BCUT2D eigenvalue weighted by molar-refractivity contribution is 0.357. The molecule has 1 unspecified atom stereocenters. The van der Waals surface area contributed by atoms with Crippen molar-refractivity contribution in [3.63, 3.8) is 0 Å². The number of rotatable bonds is 2. The fourth-order valence-corrected chi connectivity index (χ4v) is 3.12. The minimum Gasteiger partial charge on any atom is -0.493 e. The molecule has 1 aliphatic heterocycles. The quantitative estimate of drug-likeness (QED) is 0.895. The largest absolute Gasteiger partial charge is 0.493 e. The van der Waals surface area contributed by atoms with Crippen molar-refractivity contribution in [3.8, 4) is 5.75 Å². The summed E-state index contributed by atoms with van der Waals surface area (Å²) in [4.78, 5) is 0. The van der Waals surface area contributed by atoms with Gasteiger partial charge in [0.15, 0.2) is 0 Å². The molecular formula is C15H13BrClNO. The lowest BCUT2D eigenvalue weighted by Gasteiger charge is -2.15. The van der Waals surface area contributed by atoms with Gasteiger partial charge in [-0.25, -0.2) is 0 Å². The second kappa shape index (κ2) is 5.16. The van der Waals surface area contributed by atoms with Gasteiger partial charge in [0.1, 0.15) is 5.75 Å². The van der Waals surface area contributed by atoms with Crippen molar-refractivity contribution in [2.75, 3.05) is 6.61 Å². The molecule has 0 saturated heterocycles. The SMILES string of the molecule is NC(c1ccc2c(c1)CCO2)c1ccc(Br)cc1Cl. The highest BCUT2D eigenvalue weighted by atomic mass is 79.9. The van der Waals surface area contributed by atoms with E-state index >= 15 is 0 Å². The molecule has 2 nitrogen and oxygen atoms in total. The summed E-state index contributed by atoms with van der Waals surface area (Å²) in [6, 6.07) is 11.7. The van der Waals surface area contributed by atoms with Crippen LogP contribution in [-0.2, 0) is 6.42 Å². The van der Waals surface area contributed by atoms with Gasteiger partial charge in [-0.15, -0.1) is 0 Å². The summed E-state index contributed by atoms with van der Waals surface area (Å²) >= 11 is 9.66. The monoisotopic (exact) mass is 337 g/mol. The minimum absolute atomic E-state index is 0.216. The number of ether oxygens (including phenoxy) is 1. The number of halogens is 2. The second-order valence-corrected chi connectivity index (χ2v) is 5.93. The van der Waals surface area contributed by atoms with Gasteiger partial charge in [-0.2, -0.15) is 0 Å². The van der Waals surface area contributed by atoms with Crippen LogP contribution in [0.15, 0.2) is 40.9 Å². The average Bonchev–Trinajstić information content (AvgIpc) is 2.85. The van der Waals surface area contributed by atoms with Crippen LogP contribution in [0.1, 0.15) is 22.7 Å². The molecule has 0 saturated carbocycles. The van der Waals surface area contributed by atoms with Crippen molar-refractivity contribution in [2.24, 2.45) is 5.73 Å². The van der Waals surface area contributed by atoms with Gasteiger partial charge in [-0.05, 0) is 34.9 Å². The Morgan fingerprint density at radius 3 is 2.84 bits per heavy atom. The highest BCUT2D eigenvalue weighted by molar-refractivity contribution is 9.10. The van der Waals surface area contributed by atoms with Crippen molar-refractivity contribution in [1.29, 1.82) is 0 Å². The summed E-state index contributed by atoms with van der Waals surface area (Å²) in [6.45, 7) is 0.757. The van der Waals surface area contributed by atoms with E-state index in [0.717, 1.165) is 34.4 Å². The van der Waals surface area contributed by atoms with Gasteiger partial charge in [0.2, 0.25) is 0 Å². The maximum atomic E-state index is 6.32. The predicted molar refractivity (Wildman–Crippen MR) is 80.8 cm³/mol. The highest BCUT2D eigenvalue weighted by Crippen LogP contribution is 2.32. The van der Waals surface area contributed by atoms with Crippen LogP contribution in [0.4, 0.5) is 0 Å². The van der Waals surface area contributed by atoms with Crippen molar-refractivity contribution in [3.05, 3.63) is 62.6 Å². The smallest absolute Gasteiger partial charge is 0.122 e. The van der Waals surface area contributed by atoms with Crippen LogP contribution >= 0.6 is 27.5 Å². The zero-order valence-electron chi connectivity index (χ0n) is 10.2. The molecule has 0 fully saturated rings. The van der Waals surface area contributed by atoms with Crippen LogP contribution in [0.5, 0.6) is 5.75 Å². The molecule has 1 atom stereocenters. The molecule has 0 aromatic heterocycles. The third-order valence-electron chi connectivity index (χ3n) is 3.37. The zero-order chi connectivity index (χ0) is 13.4. The third kappa shape index (κ3) is 2.50. The summed E-state index contributed by atoms with van der Waals surface area (Å²) < 4.78 is 6.46. The molecule has 0 radical (unpaired) electrons. The van der Waals surface area contributed by atoms with Gasteiger partial charge in [0, 0.05) is 15.9 Å². The lowest BCUT2D eigenvalue weighted by atomic mass is 9.97. The van der Waals surface area contributed by atoms with E-state index < -0.39 is 0 Å². The van der Waals surface area contributed by atoms with Gasteiger partial charge >= 0.3 is 0 Å². The number of hydrogen-bond donors (Lipinski definition) is 1. The van der Waals surface area contributed by atoms with Crippen LogP contribution in [-0.4, -0.2) is 6.61 Å².